The zero-order chi connectivity index (χ0) is 12.1. The largest absolute Gasteiger partial charge is 0.463 e. The SMILES string of the molecule is CC(=O)OCCOC1CCCC1C1CCCC1. The number of esters is 1. The van der Waals surface area contributed by atoms with Gasteiger partial charge < -0.3 is 9.47 Å². The molecule has 2 unspecified atom stereocenters. The third-order valence-corrected chi connectivity index (χ3v) is 4.23. The molecule has 0 aliphatic heterocycles. The van der Waals surface area contributed by atoms with Gasteiger partial charge in [-0.05, 0) is 24.7 Å². The number of hydrogen-bond donors (Lipinski definition) is 0. The summed E-state index contributed by atoms with van der Waals surface area (Å²) in [7, 11) is 0. The number of carbonyl (C=O) groups is 1. The maximum Gasteiger partial charge on any atom is 0.302 e. The van der Waals surface area contributed by atoms with Gasteiger partial charge in [-0.15, -0.1) is 0 Å². The van der Waals surface area contributed by atoms with Crippen LogP contribution in [0.25, 0.3) is 0 Å². The number of hydrogen-bond acceptors (Lipinski definition) is 3. The van der Waals surface area contributed by atoms with Crippen LogP contribution in [0, 0.1) is 11.8 Å². The van der Waals surface area contributed by atoms with Gasteiger partial charge >= 0.3 is 5.97 Å². The zero-order valence-electron chi connectivity index (χ0n) is 10.8. The Morgan fingerprint density at radius 3 is 2.53 bits per heavy atom. The van der Waals surface area contributed by atoms with Crippen molar-refractivity contribution in [2.45, 2.75) is 58.0 Å². The van der Waals surface area contributed by atoms with Crippen molar-refractivity contribution < 1.29 is 14.3 Å². The monoisotopic (exact) mass is 240 g/mol. The lowest BCUT2D eigenvalue weighted by Gasteiger charge is -2.25. The predicted octanol–water partition coefficient (Wildman–Crippen LogP) is 2.93. The lowest BCUT2D eigenvalue weighted by molar-refractivity contribution is -0.143. The van der Waals surface area contributed by atoms with E-state index in [4.69, 9.17) is 9.47 Å². The van der Waals surface area contributed by atoms with Crippen LogP contribution in [0.2, 0.25) is 0 Å². The van der Waals surface area contributed by atoms with Gasteiger partial charge in [0.15, 0.2) is 0 Å². The Hall–Kier alpha value is -0.570. The summed E-state index contributed by atoms with van der Waals surface area (Å²) in [6, 6.07) is 0. The van der Waals surface area contributed by atoms with Crippen molar-refractivity contribution in [2.24, 2.45) is 11.8 Å². The number of ether oxygens (including phenoxy) is 2. The van der Waals surface area contributed by atoms with Crippen LogP contribution in [0.4, 0.5) is 0 Å². The standard InChI is InChI=1S/C14H24O3/c1-11(15)16-9-10-17-14-8-4-7-13(14)12-5-2-3-6-12/h12-14H,2-10H2,1H3. The Bertz CT molecular complexity index is 246. The highest BCUT2D eigenvalue weighted by molar-refractivity contribution is 5.65. The van der Waals surface area contributed by atoms with E-state index in [2.05, 4.69) is 0 Å². The Morgan fingerprint density at radius 1 is 1.06 bits per heavy atom. The molecule has 0 N–H and O–H groups in total. The van der Waals surface area contributed by atoms with E-state index in [-0.39, 0.29) is 5.97 Å². The fourth-order valence-corrected chi connectivity index (χ4v) is 3.47. The summed E-state index contributed by atoms with van der Waals surface area (Å²) >= 11 is 0. The molecule has 3 heteroatoms. The predicted molar refractivity (Wildman–Crippen MR) is 65.7 cm³/mol. The molecule has 0 amide bonds. The van der Waals surface area contributed by atoms with Crippen molar-refractivity contribution in [1.82, 2.24) is 0 Å². The molecule has 2 atom stereocenters. The number of carbonyl (C=O) groups excluding carboxylic acids is 1. The smallest absolute Gasteiger partial charge is 0.302 e. The maximum absolute atomic E-state index is 10.6. The van der Waals surface area contributed by atoms with Gasteiger partial charge in [-0.2, -0.15) is 0 Å². The van der Waals surface area contributed by atoms with Gasteiger partial charge in [-0.3, -0.25) is 4.79 Å². The van der Waals surface area contributed by atoms with Gasteiger partial charge in [0.2, 0.25) is 0 Å². The molecule has 0 aromatic rings. The van der Waals surface area contributed by atoms with Crippen molar-refractivity contribution in [2.75, 3.05) is 13.2 Å². The molecule has 2 saturated carbocycles. The van der Waals surface area contributed by atoms with Crippen LogP contribution in [0.15, 0.2) is 0 Å². The van der Waals surface area contributed by atoms with Crippen molar-refractivity contribution in [3.05, 3.63) is 0 Å². The fourth-order valence-electron chi connectivity index (χ4n) is 3.47. The number of rotatable bonds is 5. The van der Waals surface area contributed by atoms with Crippen LogP contribution >= 0.6 is 0 Å². The van der Waals surface area contributed by atoms with Crippen molar-refractivity contribution >= 4 is 5.97 Å². The summed E-state index contributed by atoms with van der Waals surface area (Å²) in [5, 5.41) is 0. The fraction of sp³-hybridized carbons (Fsp3) is 0.929. The maximum atomic E-state index is 10.6. The lowest BCUT2D eigenvalue weighted by atomic mass is 9.88. The van der Waals surface area contributed by atoms with E-state index < -0.39 is 0 Å². The van der Waals surface area contributed by atoms with Crippen molar-refractivity contribution in [3.8, 4) is 0 Å². The minimum absolute atomic E-state index is 0.215. The minimum atomic E-state index is -0.215. The average molecular weight is 240 g/mol. The summed E-state index contributed by atoms with van der Waals surface area (Å²) in [4.78, 5) is 10.6. The van der Waals surface area contributed by atoms with Gasteiger partial charge in [-0.1, -0.05) is 32.1 Å². The summed E-state index contributed by atoms with van der Waals surface area (Å²) in [6.07, 6.45) is 9.86. The molecule has 0 aromatic carbocycles. The summed E-state index contributed by atoms with van der Waals surface area (Å²) in [5.41, 5.74) is 0. The lowest BCUT2D eigenvalue weighted by Crippen LogP contribution is -2.25. The van der Waals surface area contributed by atoms with E-state index >= 15 is 0 Å². The summed E-state index contributed by atoms with van der Waals surface area (Å²) in [6.45, 7) is 2.41. The first kappa shape index (κ1) is 12.9. The van der Waals surface area contributed by atoms with Gasteiger partial charge in [0.1, 0.15) is 6.61 Å². The Labute approximate surface area is 104 Å². The van der Waals surface area contributed by atoms with Gasteiger partial charge in [0.05, 0.1) is 12.7 Å². The first-order chi connectivity index (χ1) is 8.27. The second-order valence-corrected chi connectivity index (χ2v) is 5.39. The normalized spacial score (nSPS) is 29.7. The van der Waals surface area contributed by atoms with E-state index in [1.54, 1.807) is 0 Å². The molecule has 0 radical (unpaired) electrons. The molecule has 0 spiro atoms. The van der Waals surface area contributed by atoms with Crippen LogP contribution < -0.4 is 0 Å². The Morgan fingerprint density at radius 2 is 1.82 bits per heavy atom. The summed E-state index contributed by atoms with van der Waals surface area (Å²) < 4.78 is 10.8. The van der Waals surface area contributed by atoms with Gasteiger partial charge in [0.25, 0.3) is 0 Å². The van der Waals surface area contributed by atoms with E-state index in [1.165, 1.54) is 51.9 Å². The van der Waals surface area contributed by atoms with Crippen LogP contribution in [-0.4, -0.2) is 25.3 Å². The molecule has 17 heavy (non-hydrogen) atoms. The molecule has 2 aliphatic carbocycles. The molecule has 0 heterocycles. The third kappa shape index (κ3) is 3.70. The molecule has 2 rings (SSSR count). The Balaban J connectivity index is 1.69. The van der Waals surface area contributed by atoms with Crippen LogP contribution in [0.1, 0.15) is 51.9 Å². The molecule has 0 bridgehead atoms. The van der Waals surface area contributed by atoms with Crippen LogP contribution in [-0.2, 0) is 14.3 Å². The summed E-state index contributed by atoms with van der Waals surface area (Å²) in [5.74, 6) is 1.46. The molecule has 2 fully saturated rings. The van der Waals surface area contributed by atoms with Gasteiger partial charge in [0, 0.05) is 6.92 Å². The third-order valence-electron chi connectivity index (χ3n) is 4.23. The highest BCUT2D eigenvalue weighted by Gasteiger charge is 2.35. The quantitative estimate of drug-likeness (QED) is 0.547. The van der Waals surface area contributed by atoms with Crippen LogP contribution in [0.5, 0.6) is 0 Å². The van der Waals surface area contributed by atoms with Crippen molar-refractivity contribution in [3.63, 3.8) is 0 Å². The highest BCUT2D eigenvalue weighted by atomic mass is 16.6. The molecule has 0 saturated heterocycles. The first-order valence-electron chi connectivity index (χ1n) is 7.02. The molecular weight excluding hydrogens is 216 g/mol. The van der Waals surface area contributed by atoms with E-state index in [1.807, 2.05) is 0 Å². The van der Waals surface area contributed by atoms with E-state index in [9.17, 15) is 4.79 Å². The molecule has 0 aromatic heterocycles. The second-order valence-electron chi connectivity index (χ2n) is 5.39. The van der Waals surface area contributed by atoms with Crippen molar-refractivity contribution in [1.29, 1.82) is 0 Å². The second kappa shape index (κ2) is 6.39. The molecule has 3 nitrogen and oxygen atoms in total. The highest BCUT2D eigenvalue weighted by Crippen LogP contribution is 2.41. The minimum Gasteiger partial charge on any atom is -0.463 e. The Kier molecular flexibility index (Phi) is 4.84. The van der Waals surface area contributed by atoms with Crippen LogP contribution in [0.3, 0.4) is 0 Å². The molecule has 2 aliphatic rings. The zero-order valence-corrected chi connectivity index (χ0v) is 10.8. The average Bonchev–Trinajstić information content (AvgIpc) is 2.94. The molecular formula is C14H24O3. The first-order valence-corrected chi connectivity index (χ1v) is 7.02. The van der Waals surface area contributed by atoms with E-state index in [0.29, 0.717) is 19.3 Å². The van der Waals surface area contributed by atoms with E-state index in [0.717, 1.165) is 11.8 Å². The topological polar surface area (TPSA) is 35.5 Å². The molecule has 98 valence electrons. The van der Waals surface area contributed by atoms with Gasteiger partial charge in [-0.25, -0.2) is 0 Å².